The van der Waals surface area contributed by atoms with Gasteiger partial charge in [0.1, 0.15) is 0 Å². The number of nitrogens with one attached hydrogen (secondary N) is 2. The fourth-order valence-corrected chi connectivity index (χ4v) is 2.28. The van der Waals surface area contributed by atoms with Gasteiger partial charge in [0.25, 0.3) is 0 Å². The molecule has 2 atom stereocenters. The van der Waals surface area contributed by atoms with E-state index in [0.29, 0.717) is 13.0 Å². The average Bonchev–Trinajstić information content (AvgIpc) is 2.75. The summed E-state index contributed by atoms with van der Waals surface area (Å²) in [4.78, 5) is 12.0. The molecule has 1 aromatic carbocycles. The van der Waals surface area contributed by atoms with Crippen molar-refractivity contribution < 1.29 is 18.0 Å². The van der Waals surface area contributed by atoms with Gasteiger partial charge in [-0.25, -0.2) is 0 Å². The van der Waals surface area contributed by atoms with Crippen molar-refractivity contribution in [1.29, 1.82) is 0 Å². The van der Waals surface area contributed by atoms with Crippen molar-refractivity contribution in [2.24, 2.45) is 5.92 Å². The van der Waals surface area contributed by atoms with Gasteiger partial charge in [-0.15, -0.1) is 0 Å². The number of hydrogen-bond donors (Lipinski definition) is 2. The lowest BCUT2D eigenvalue weighted by Gasteiger charge is -2.17. The Morgan fingerprint density at radius 3 is 2.63 bits per heavy atom. The normalized spacial score (nSPS) is 23.4. The maximum atomic E-state index is 12.8. The number of alkyl halides is 3. The quantitative estimate of drug-likeness (QED) is 0.869. The molecule has 6 heteroatoms. The summed E-state index contributed by atoms with van der Waals surface area (Å²) >= 11 is 0. The van der Waals surface area contributed by atoms with Gasteiger partial charge in [0.2, 0.25) is 5.91 Å². The summed E-state index contributed by atoms with van der Waals surface area (Å²) in [6.45, 7) is 2.56. The van der Waals surface area contributed by atoms with Crippen molar-refractivity contribution in [2.45, 2.75) is 25.6 Å². The van der Waals surface area contributed by atoms with E-state index in [2.05, 4.69) is 10.6 Å². The first-order valence-corrected chi connectivity index (χ1v) is 6.10. The zero-order valence-corrected chi connectivity index (χ0v) is 10.4. The lowest BCUT2D eigenvalue weighted by molar-refractivity contribution is -0.137. The summed E-state index contributed by atoms with van der Waals surface area (Å²) in [5.41, 5.74) is -0.999. The highest BCUT2D eigenvalue weighted by atomic mass is 19.4. The van der Waals surface area contributed by atoms with Crippen LogP contribution in [0.5, 0.6) is 0 Å². The van der Waals surface area contributed by atoms with Crippen molar-refractivity contribution in [3.63, 3.8) is 0 Å². The Morgan fingerprint density at radius 1 is 1.37 bits per heavy atom. The van der Waals surface area contributed by atoms with E-state index in [9.17, 15) is 18.0 Å². The minimum atomic E-state index is -4.47. The highest BCUT2D eigenvalue weighted by Gasteiger charge is 2.35. The number of amides is 1. The van der Waals surface area contributed by atoms with Crippen LogP contribution in [0.25, 0.3) is 0 Å². The molecule has 0 radical (unpaired) electrons. The molecule has 1 aromatic rings. The molecule has 2 unspecified atom stereocenters. The topological polar surface area (TPSA) is 41.1 Å². The minimum Gasteiger partial charge on any atom is -0.325 e. The maximum absolute atomic E-state index is 12.8. The summed E-state index contributed by atoms with van der Waals surface area (Å²) in [5.74, 6) is -0.657. The second-order valence-corrected chi connectivity index (χ2v) is 4.67. The maximum Gasteiger partial charge on any atom is 0.418 e. The number of para-hydroxylation sites is 1. The molecule has 0 spiro atoms. The van der Waals surface area contributed by atoms with Crippen LogP contribution in [0.15, 0.2) is 24.3 Å². The SMILES string of the molecule is CC1NCCC1C(=O)Nc1ccccc1C(F)(F)F. The molecule has 104 valence electrons. The van der Waals surface area contributed by atoms with Crippen LogP contribution in [-0.2, 0) is 11.0 Å². The van der Waals surface area contributed by atoms with Crippen molar-refractivity contribution in [3.8, 4) is 0 Å². The Balaban J connectivity index is 2.17. The minimum absolute atomic E-state index is 0.0157. The molecule has 0 bridgehead atoms. The van der Waals surface area contributed by atoms with Crippen LogP contribution in [0.3, 0.4) is 0 Å². The standard InChI is InChI=1S/C13H15F3N2O/c1-8-9(6-7-17-8)12(19)18-11-5-3-2-4-10(11)13(14,15)16/h2-5,8-9,17H,6-7H2,1H3,(H,18,19). The number of benzene rings is 1. The van der Waals surface area contributed by atoms with Crippen LogP contribution in [0, 0.1) is 5.92 Å². The Hall–Kier alpha value is -1.56. The molecule has 1 amide bonds. The molecule has 0 saturated carbocycles. The molecule has 2 N–H and O–H groups in total. The highest BCUT2D eigenvalue weighted by Crippen LogP contribution is 2.35. The smallest absolute Gasteiger partial charge is 0.325 e. The van der Waals surface area contributed by atoms with Crippen molar-refractivity contribution in [2.75, 3.05) is 11.9 Å². The van der Waals surface area contributed by atoms with Gasteiger partial charge in [-0.3, -0.25) is 4.79 Å². The lowest BCUT2D eigenvalue weighted by atomic mass is 10.0. The van der Waals surface area contributed by atoms with E-state index < -0.39 is 11.7 Å². The van der Waals surface area contributed by atoms with Gasteiger partial charge in [0.05, 0.1) is 17.2 Å². The van der Waals surface area contributed by atoms with E-state index >= 15 is 0 Å². The lowest BCUT2D eigenvalue weighted by Crippen LogP contribution is -2.32. The van der Waals surface area contributed by atoms with Gasteiger partial charge in [-0.1, -0.05) is 12.1 Å². The summed E-state index contributed by atoms with van der Waals surface area (Å²) in [7, 11) is 0. The molecule has 0 aromatic heterocycles. The Morgan fingerprint density at radius 2 is 2.05 bits per heavy atom. The van der Waals surface area contributed by atoms with Gasteiger partial charge in [0, 0.05) is 6.04 Å². The fraction of sp³-hybridized carbons (Fsp3) is 0.462. The molecular formula is C13H15F3N2O. The molecule has 3 nitrogen and oxygen atoms in total. The van der Waals surface area contributed by atoms with Crippen molar-refractivity contribution in [1.82, 2.24) is 5.32 Å². The van der Waals surface area contributed by atoms with Crippen LogP contribution < -0.4 is 10.6 Å². The first-order valence-electron chi connectivity index (χ1n) is 6.10. The molecular weight excluding hydrogens is 257 g/mol. The molecule has 19 heavy (non-hydrogen) atoms. The predicted molar refractivity (Wildman–Crippen MR) is 65.6 cm³/mol. The largest absolute Gasteiger partial charge is 0.418 e. The molecule has 1 aliphatic heterocycles. The molecule has 1 heterocycles. The van der Waals surface area contributed by atoms with Gasteiger partial charge in [0.15, 0.2) is 0 Å². The number of rotatable bonds is 2. The second-order valence-electron chi connectivity index (χ2n) is 4.67. The average molecular weight is 272 g/mol. The second kappa shape index (κ2) is 5.21. The highest BCUT2D eigenvalue weighted by molar-refractivity contribution is 5.94. The summed E-state index contributed by atoms with van der Waals surface area (Å²) < 4.78 is 38.4. The molecule has 1 fully saturated rings. The van der Waals surface area contributed by atoms with Crippen LogP contribution in [0.4, 0.5) is 18.9 Å². The Labute approximate surface area is 109 Å². The summed E-state index contributed by atoms with van der Waals surface area (Å²) in [6.07, 6.45) is -3.83. The molecule has 2 rings (SSSR count). The number of anilines is 1. The van der Waals surface area contributed by atoms with Gasteiger partial charge < -0.3 is 10.6 Å². The van der Waals surface area contributed by atoms with Crippen LogP contribution >= 0.6 is 0 Å². The Bertz CT molecular complexity index is 473. The predicted octanol–water partition coefficient (Wildman–Crippen LogP) is 2.64. The third kappa shape index (κ3) is 3.07. The van der Waals surface area contributed by atoms with E-state index in [4.69, 9.17) is 0 Å². The first kappa shape index (κ1) is 13.9. The number of carbonyl (C=O) groups is 1. The zero-order valence-electron chi connectivity index (χ0n) is 10.4. The monoisotopic (exact) mass is 272 g/mol. The fourth-order valence-electron chi connectivity index (χ4n) is 2.28. The zero-order chi connectivity index (χ0) is 14.0. The van der Waals surface area contributed by atoms with Gasteiger partial charge in [-0.2, -0.15) is 13.2 Å². The molecule has 1 saturated heterocycles. The number of hydrogen-bond acceptors (Lipinski definition) is 2. The van der Waals surface area contributed by atoms with E-state index in [-0.39, 0.29) is 23.6 Å². The van der Waals surface area contributed by atoms with Gasteiger partial charge in [-0.05, 0) is 32.0 Å². The van der Waals surface area contributed by atoms with Crippen molar-refractivity contribution >= 4 is 11.6 Å². The van der Waals surface area contributed by atoms with Crippen molar-refractivity contribution in [3.05, 3.63) is 29.8 Å². The first-order chi connectivity index (χ1) is 8.89. The van der Waals surface area contributed by atoms with Crippen LogP contribution in [0.1, 0.15) is 18.9 Å². The third-order valence-corrected chi connectivity index (χ3v) is 3.35. The van der Waals surface area contributed by atoms with Gasteiger partial charge >= 0.3 is 6.18 Å². The number of carbonyl (C=O) groups excluding carboxylic acids is 1. The number of halogens is 3. The summed E-state index contributed by atoms with van der Waals surface area (Å²) in [6, 6.07) is 5.00. The Kier molecular flexibility index (Phi) is 3.80. The molecule has 1 aliphatic rings. The van der Waals surface area contributed by atoms with Crippen LogP contribution in [-0.4, -0.2) is 18.5 Å². The van der Waals surface area contributed by atoms with E-state index in [1.54, 1.807) is 0 Å². The van der Waals surface area contributed by atoms with E-state index in [1.165, 1.54) is 18.2 Å². The van der Waals surface area contributed by atoms with Crippen LogP contribution in [0.2, 0.25) is 0 Å². The van der Waals surface area contributed by atoms with E-state index in [0.717, 1.165) is 6.07 Å². The summed E-state index contributed by atoms with van der Waals surface area (Å²) in [5, 5.41) is 5.49. The van der Waals surface area contributed by atoms with E-state index in [1.807, 2.05) is 6.92 Å². The molecule has 0 aliphatic carbocycles. The third-order valence-electron chi connectivity index (χ3n) is 3.35.